The minimum atomic E-state index is -1.26. The van der Waals surface area contributed by atoms with Crippen molar-refractivity contribution in [2.45, 2.75) is 85.7 Å². The smallest absolute Gasteiger partial charge is 0.309 e. The molecule has 5 atom stereocenters. The zero-order valence-electron chi connectivity index (χ0n) is 21.5. The third-order valence-electron chi connectivity index (χ3n) is 6.71. The SMILES string of the molecule is C/C1=C/C[C@@H](/C(C)=C/c2csc(CO)n2)OC(=O)C[C@H](O)C(C)(C)C(=O)[C@H](C)C(O)[C@@H](C)/C=C/C1. The van der Waals surface area contributed by atoms with Gasteiger partial charge in [0.05, 0.1) is 36.3 Å². The molecular formula is C27H39NO6S. The van der Waals surface area contributed by atoms with Gasteiger partial charge in [-0.2, -0.15) is 0 Å². The molecule has 0 saturated heterocycles. The van der Waals surface area contributed by atoms with Gasteiger partial charge in [0.1, 0.15) is 16.9 Å². The van der Waals surface area contributed by atoms with E-state index in [1.165, 1.54) is 11.3 Å². The maximum absolute atomic E-state index is 13.1. The Morgan fingerprint density at radius 2 is 1.97 bits per heavy atom. The number of aliphatic hydroxyl groups excluding tert-OH is 3. The van der Waals surface area contributed by atoms with Crippen LogP contribution in [0.3, 0.4) is 0 Å². The molecule has 7 nitrogen and oxygen atoms in total. The van der Waals surface area contributed by atoms with Gasteiger partial charge >= 0.3 is 5.97 Å². The lowest BCUT2D eigenvalue weighted by Crippen LogP contribution is -2.45. The molecule has 0 aliphatic carbocycles. The fraction of sp³-hybridized carbons (Fsp3) is 0.593. The first-order valence-corrected chi connectivity index (χ1v) is 12.9. The van der Waals surface area contributed by atoms with Crippen molar-refractivity contribution in [3.8, 4) is 0 Å². The van der Waals surface area contributed by atoms with Crippen molar-refractivity contribution >= 4 is 29.2 Å². The van der Waals surface area contributed by atoms with E-state index in [0.29, 0.717) is 23.5 Å². The highest BCUT2D eigenvalue weighted by molar-refractivity contribution is 7.09. The lowest BCUT2D eigenvalue weighted by Gasteiger charge is -2.34. The van der Waals surface area contributed by atoms with Crippen molar-refractivity contribution in [2.75, 3.05) is 0 Å². The number of allylic oxidation sites excluding steroid dienone is 2. The summed E-state index contributed by atoms with van der Waals surface area (Å²) in [5.41, 5.74) is 1.30. The number of aromatic nitrogens is 1. The van der Waals surface area contributed by atoms with Crippen LogP contribution in [0.1, 0.15) is 71.5 Å². The third-order valence-corrected chi connectivity index (χ3v) is 7.57. The lowest BCUT2D eigenvalue weighted by atomic mass is 9.73. The Balaban J connectivity index is 2.37. The van der Waals surface area contributed by atoms with E-state index in [-0.39, 0.29) is 24.7 Å². The van der Waals surface area contributed by atoms with Crippen LogP contribution in [0.2, 0.25) is 0 Å². The molecule has 0 bridgehead atoms. The number of thiazole rings is 1. The number of nitrogens with zero attached hydrogens (tertiary/aromatic N) is 1. The number of hydrogen-bond acceptors (Lipinski definition) is 8. The van der Waals surface area contributed by atoms with Crippen molar-refractivity contribution in [3.05, 3.63) is 45.5 Å². The highest BCUT2D eigenvalue weighted by atomic mass is 32.1. The van der Waals surface area contributed by atoms with Crippen molar-refractivity contribution in [2.24, 2.45) is 17.3 Å². The van der Waals surface area contributed by atoms with Crippen molar-refractivity contribution in [1.29, 1.82) is 0 Å². The van der Waals surface area contributed by atoms with E-state index in [2.05, 4.69) is 4.98 Å². The quantitative estimate of drug-likeness (QED) is 0.416. The number of Topliss-reactive ketones (excluding diaryl/α,β-unsaturated/α-hetero) is 1. The van der Waals surface area contributed by atoms with E-state index in [1.54, 1.807) is 20.8 Å². The number of rotatable bonds is 3. The van der Waals surface area contributed by atoms with Crippen LogP contribution in [0.5, 0.6) is 0 Å². The summed E-state index contributed by atoms with van der Waals surface area (Å²) in [4.78, 5) is 30.3. The maximum Gasteiger partial charge on any atom is 0.309 e. The monoisotopic (exact) mass is 505 g/mol. The third kappa shape index (κ3) is 7.93. The standard InChI is InChI=1S/C27H39NO6S/c1-16-8-7-9-17(2)25(32)19(4)26(33)27(5,6)22(30)13-24(31)34-21(11-10-16)18(3)12-20-15-35-23(14-29)28-20/h7,9-10,12,15,17,19,21-22,25,29-30,32H,8,11,13-14H2,1-6H3/b9-7+,16-10-,18-12+/t17-,19+,21-,22-,25?/m0/s1. The molecule has 0 amide bonds. The number of carbonyl (C=O) groups excluding carboxylic acids is 2. The van der Waals surface area contributed by atoms with Gasteiger partial charge in [-0.15, -0.1) is 11.3 Å². The van der Waals surface area contributed by atoms with E-state index < -0.39 is 35.6 Å². The number of carbonyl (C=O) groups is 2. The molecule has 2 heterocycles. The van der Waals surface area contributed by atoms with Crippen LogP contribution in [0.4, 0.5) is 0 Å². The number of ketones is 1. The second-order valence-corrected chi connectivity index (χ2v) is 11.0. The van der Waals surface area contributed by atoms with Crippen LogP contribution >= 0.6 is 11.3 Å². The average molecular weight is 506 g/mol. The van der Waals surface area contributed by atoms with Crippen LogP contribution in [0, 0.1) is 17.3 Å². The summed E-state index contributed by atoms with van der Waals surface area (Å²) in [6, 6.07) is 0. The first-order chi connectivity index (χ1) is 16.4. The number of ether oxygens (including phenoxy) is 1. The zero-order valence-corrected chi connectivity index (χ0v) is 22.3. The minimum Gasteiger partial charge on any atom is -0.457 e. The number of hydrogen-bond donors (Lipinski definition) is 3. The van der Waals surface area contributed by atoms with Gasteiger partial charge in [0.25, 0.3) is 0 Å². The van der Waals surface area contributed by atoms with Crippen LogP contribution in [-0.2, 0) is 20.9 Å². The average Bonchev–Trinajstić information content (AvgIpc) is 3.26. The van der Waals surface area contributed by atoms with Gasteiger partial charge in [0.2, 0.25) is 0 Å². The van der Waals surface area contributed by atoms with Crippen LogP contribution < -0.4 is 0 Å². The molecule has 0 aromatic carbocycles. The second-order valence-electron chi connectivity index (χ2n) is 10.1. The van der Waals surface area contributed by atoms with E-state index in [0.717, 1.165) is 11.1 Å². The number of esters is 1. The normalized spacial score (nSPS) is 32.0. The summed E-state index contributed by atoms with van der Waals surface area (Å²) in [7, 11) is 0. The summed E-state index contributed by atoms with van der Waals surface area (Å²) in [5, 5.41) is 33.2. The highest BCUT2D eigenvalue weighted by Gasteiger charge is 2.42. The predicted octanol–water partition coefficient (Wildman–Crippen LogP) is 4.23. The second kappa shape index (κ2) is 12.7. The van der Waals surface area contributed by atoms with Gasteiger partial charge in [-0.25, -0.2) is 4.98 Å². The van der Waals surface area contributed by atoms with Gasteiger partial charge in [-0.1, -0.05) is 51.5 Å². The molecule has 0 spiro atoms. The molecule has 3 N–H and O–H groups in total. The van der Waals surface area contributed by atoms with Crippen molar-refractivity contribution in [3.63, 3.8) is 0 Å². The molecular weight excluding hydrogens is 466 g/mol. The van der Waals surface area contributed by atoms with E-state index in [9.17, 15) is 24.9 Å². The van der Waals surface area contributed by atoms with Gasteiger partial charge in [0.15, 0.2) is 0 Å². The summed E-state index contributed by atoms with van der Waals surface area (Å²) in [6.07, 6.45) is 5.75. The molecule has 8 heteroatoms. The zero-order chi connectivity index (χ0) is 26.3. The Bertz CT molecular complexity index is 976. The highest BCUT2D eigenvalue weighted by Crippen LogP contribution is 2.31. The first kappa shape index (κ1) is 29.1. The van der Waals surface area contributed by atoms with E-state index in [4.69, 9.17) is 4.74 Å². The van der Waals surface area contributed by atoms with Crippen molar-refractivity contribution in [1.82, 2.24) is 4.98 Å². The van der Waals surface area contributed by atoms with Crippen LogP contribution in [0.25, 0.3) is 6.08 Å². The molecule has 0 saturated carbocycles. The van der Waals surface area contributed by atoms with E-state index in [1.807, 2.05) is 50.5 Å². The summed E-state index contributed by atoms with van der Waals surface area (Å²) in [6.45, 7) is 10.4. The summed E-state index contributed by atoms with van der Waals surface area (Å²) >= 11 is 1.35. The molecule has 0 radical (unpaired) electrons. The molecule has 2 rings (SSSR count). The molecule has 1 aromatic rings. The lowest BCUT2D eigenvalue weighted by molar-refractivity contribution is -0.154. The van der Waals surface area contributed by atoms with Gasteiger partial charge in [0, 0.05) is 23.6 Å². The molecule has 35 heavy (non-hydrogen) atoms. The Morgan fingerprint density at radius 3 is 2.60 bits per heavy atom. The Morgan fingerprint density at radius 1 is 1.29 bits per heavy atom. The molecule has 1 unspecified atom stereocenters. The van der Waals surface area contributed by atoms with Crippen LogP contribution in [0.15, 0.2) is 34.8 Å². The summed E-state index contributed by atoms with van der Waals surface area (Å²) in [5.74, 6) is -1.86. The van der Waals surface area contributed by atoms with Gasteiger partial charge in [-0.05, 0) is 31.9 Å². The largest absolute Gasteiger partial charge is 0.457 e. The topological polar surface area (TPSA) is 117 Å². The molecule has 194 valence electrons. The first-order valence-electron chi connectivity index (χ1n) is 12.0. The van der Waals surface area contributed by atoms with Gasteiger partial charge in [-0.3, -0.25) is 9.59 Å². The number of cyclic esters (lactones) is 1. The van der Waals surface area contributed by atoms with Crippen molar-refractivity contribution < 1.29 is 29.6 Å². The predicted molar refractivity (Wildman–Crippen MR) is 137 cm³/mol. The molecule has 1 aromatic heterocycles. The molecule has 0 fully saturated rings. The van der Waals surface area contributed by atoms with Crippen LogP contribution in [-0.4, -0.2) is 50.4 Å². The van der Waals surface area contributed by atoms with E-state index >= 15 is 0 Å². The van der Waals surface area contributed by atoms with Gasteiger partial charge < -0.3 is 20.1 Å². The fourth-order valence-corrected chi connectivity index (χ4v) is 4.68. The Hall–Kier alpha value is -2.13. The fourth-order valence-electron chi connectivity index (χ4n) is 4.07. The molecule has 1 aliphatic rings. The maximum atomic E-state index is 13.1. The number of aliphatic hydroxyl groups is 3. The Labute approximate surface area is 212 Å². The summed E-state index contributed by atoms with van der Waals surface area (Å²) < 4.78 is 5.77. The minimum absolute atomic E-state index is 0.133. The molecule has 1 aliphatic heterocycles. The Kier molecular flexibility index (Phi) is 10.6.